The number of nitrogens with zero attached hydrogens (tertiary/aromatic N) is 2. The molecule has 0 atom stereocenters. The van der Waals surface area contributed by atoms with E-state index in [9.17, 15) is 4.79 Å². The molecule has 1 aliphatic heterocycles. The molecule has 0 saturated carbocycles. The summed E-state index contributed by atoms with van der Waals surface area (Å²) in [6, 6.07) is 11.2. The molecule has 0 radical (unpaired) electrons. The normalized spacial score (nSPS) is 15.3. The van der Waals surface area contributed by atoms with E-state index in [0.717, 1.165) is 44.0 Å². The van der Waals surface area contributed by atoms with Gasteiger partial charge < -0.3 is 10.1 Å². The van der Waals surface area contributed by atoms with Crippen LogP contribution in [0.3, 0.4) is 0 Å². The number of amides is 1. The fourth-order valence-corrected chi connectivity index (χ4v) is 3.66. The van der Waals surface area contributed by atoms with Gasteiger partial charge in [0.1, 0.15) is 12.4 Å². The molecule has 5 nitrogen and oxygen atoms in total. The fourth-order valence-electron chi connectivity index (χ4n) is 3.32. The van der Waals surface area contributed by atoms with Crippen LogP contribution in [0.25, 0.3) is 0 Å². The van der Waals surface area contributed by atoms with Crippen LogP contribution in [0.15, 0.2) is 36.4 Å². The van der Waals surface area contributed by atoms with Gasteiger partial charge in [-0.25, -0.2) is 0 Å². The van der Waals surface area contributed by atoms with Crippen molar-refractivity contribution in [1.29, 1.82) is 0 Å². The Hall–Kier alpha value is -1.79. The van der Waals surface area contributed by atoms with Crippen LogP contribution in [-0.2, 0) is 4.79 Å². The van der Waals surface area contributed by atoms with Gasteiger partial charge in [-0.1, -0.05) is 35.3 Å². The molecule has 0 bridgehead atoms. The highest BCUT2D eigenvalue weighted by Gasteiger charge is 2.19. The number of rotatable bonds is 7. The summed E-state index contributed by atoms with van der Waals surface area (Å²) < 4.78 is 5.76. The molecule has 156 valence electrons. The first kappa shape index (κ1) is 21.9. The number of hydrogen-bond donors (Lipinski definition) is 1. The largest absolute Gasteiger partial charge is 0.491 e. The summed E-state index contributed by atoms with van der Waals surface area (Å²) in [4.78, 5) is 16.9. The van der Waals surface area contributed by atoms with Crippen molar-refractivity contribution in [2.45, 2.75) is 13.8 Å². The van der Waals surface area contributed by atoms with E-state index in [1.165, 1.54) is 5.56 Å². The zero-order valence-corrected chi connectivity index (χ0v) is 18.4. The standard InChI is InChI=1S/C22H27Cl2N3O2/c1-16-4-3-5-20(17(16)2)25-22(28)15-27-10-8-26(9-11-27)12-13-29-21-14-18(23)6-7-19(21)24/h3-7,14H,8-13,15H2,1-2H3,(H,25,28). The molecule has 1 N–H and O–H groups in total. The van der Waals surface area contributed by atoms with E-state index in [0.29, 0.717) is 28.9 Å². The van der Waals surface area contributed by atoms with Crippen molar-refractivity contribution in [2.24, 2.45) is 0 Å². The number of benzene rings is 2. The average Bonchev–Trinajstić information content (AvgIpc) is 2.69. The van der Waals surface area contributed by atoms with Crippen LogP contribution in [0.2, 0.25) is 10.0 Å². The number of piperazine rings is 1. The lowest BCUT2D eigenvalue weighted by Crippen LogP contribution is -2.49. The molecular weight excluding hydrogens is 409 g/mol. The van der Waals surface area contributed by atoms with Gasteiger partial charge in [0.15, 0.2) is 0 Å². The van der Waals surface area contributed by atoms with Gasteiger partial charge in [-0.05, 0) is 43.2 Å². The monoisotopic (exact) mass is 435 g/mol. The van der Waals surface area contributed by atoms with Crippen molar-refractivity contribution < 1.29 is 9.53 Å². The summed E-state index contributed by atoms with van der Waals surface area (Å²) >= 11 is 12.1. The Balaban J connectivity index is 1.38. The molecule has 2 aromatic rings. The summed E-state index contributed by atoms with van der Waals surface area (Å²) in [5.41, 5.74) is 3.19. The van der Waals surface area contributed by atoms with Crippen molar-refractivity contribution in [3.05, 3.63) is 57.6 Å². The van der Waals surface area contributed by atoms with Crippen LogP contribution in [0, 0.1) is 13.8 Å². The third kappa shape index (κ3) is 6.34. The molecule has 0 aromatic heterocycles. The summed E-state index contributed by atoms with van der Waals surface area (Å²) in [5, 5.41) is 4.21. The molecule has 1 heterocycles. The van der Waals surface area contributed by atoms with Gasteiger partial charge in [0.2, 0.25) is 5.91 Å². The third-order valence-electron chi connectivity index (χ3n) is 5.27. The number of nitrogens with one attached hydrogen (secondary N) is 1. The SMILES string of the molecule is Cc1cccc(NC(=O)CN2CCN(CCOc3cc(Cl)ccc3Cl)CC2)c1C. The molecule has 0 unspecified atom stereocenters. The smallest absolute Gasteiger partial charge is 0.238 e. The van der Waals surface area contributed by atoms with Crippen molar-refractivity contribution in [1.82, 2.24) is 9.80 Å². The number of aryl methyl sites for hydroxylation is 1. The summed E-state index contributed by atoms with van der Waals surface area (Å²) in [5.74, 6) is 0.645. The second-order valence-corrected chi connectivity index (χ2v) is 8.18. The zero-order valence-electron chi connectivity index (χ0n) is 16.9. The van der Waals surface area contributed by atoms with Crippen LogP contribution in [0.4, 0.5) is 5.69 Å². The molecule has 1 saturated heterocycles. The van der Waals surface area contributed by atoms with Gasteiger partial charge in [0.05, 0.1) is 11.6 Å². The predicted octanol–water partition coefficient (Wildman–Crippen LogP) is 4.25. The number of carbonyl (C=O) groups is 1. The highest BCUT2D eigenvalue weighted by Crippen LogP contribution is 2.27. The summed E-state index contributed by atoms with van der Waals surface area (Å²) in [6.45, 7) is 9.38. The molecule has 0 spiro atoms. The second kappa shape index (κ2) is 10.3. The van der Waals surface area contributed by atoms with E-state index in [-0.39, 0.29) is 5.91 Å². The number of anilines is 1. The van der Waals surface area contributed by atoms with Crippen LogP contribution in [0.1, 0.15) is 11.1 Å². The molecule has 1 amide bonds. The molecule has 29 heavy (non-hydrogen) atoms. The number of hydrogen-bond acceptors (Lipinski definition) is 4. The van der Waals surface area contributed by atoms with E-state index in [2.05, 4.69) is 15.1 Å². The minimum absolute atomic E-state index is 0.0334. The first-order valence-electron chi connectivity index (χ1n) is 9.81. The molecule has 7 heteroatoms. The first-order valence-corrected chi connectivity index (χ1v) is 10.6. The topological polar surface area (TPSA) is 44.8 Å². The minimum atomic E-state index is 0.0334. The third-order valence-corrected chi connectivity index (χ3v) is 5.82. The van der Waals surface area contributed by atoms with Gasteiger partial charge in [-0.3, -0.25) is 14.6 Å². The first-order chi connectivity index (χ1) is 13.9. The number of ether oxygens (including phenoxy) is 1. The van der Waals surface area contributed by atoms with Crippen molar-refractivity contribution in [3.63, 3.8) is 0 Å². The lowest BCUT2D eigenvalue weighted by atomic mass is 10.1. The Bertz CT molecular complexity index is 852. The van der Waals surface area contributed by atoms with Crippen LogP contribution >= 0.6 is 23.2 Å². The lowest BCUT2D eigenvalue weighted by Gasteiger charge is -2.34. The van der Waals surface area contributed by atoms with E-state index in [1.807, 2.05) is 32.0 Å². The maximum Gasteiger partial charge on any atom is 0.238 e. The van der Waals surface area contributed by atoms with Gasteiger partial charge in [0, 0.05) is 49.5 Å². The molecule has 1 fully saturated rings. The number of carbonyl (C=O) groups excluding carboxylic acids is 1. The van der Waals surface area contributed by atoms with Gasteiger partial charge >= 0.3 is 0 Å². The Morgan fingerprint density at radius 2 is 1.79 bits per heavy atom. The van der Waals surface area contributed by atoms with E-state index in [4.69, 9.17) is 27.9 Å². The van der Waals surface area contributed by atoms with E-state index in [1.54, 1.807) is 18.2 Å². The predicted molar refractivity (Wildman–Crippen MR) is 119 cm³/mol. The Morgan fingerprint density at radius 3 is 2.55 bits per heavy atom. The molecule has 1 aliphatic rings. The molecule has 2 aromatic carbocycles. The zero-order chi connectivity index (χ0) is 20.8. The van der Waals surface area contributed by atoms with Crippen molar-refractivity contribution in [2.75, 3.05) is 51.2 Å². The number of halogens is 2. The quantitative estimate of drug-likeness (QED) is 0.705. The average molecular weight is 436 g/mol. The van der Waals surface area contributed by atoms with Gasteiger partial charge in [0.25, 0.3) is 0 Å². The Kier molecular flexibility index (Phi) is 7.78. The lowest BCUT2D eigenvalue weighted by molar-refractivity contribution is -0.117. The molecule has 3 rings (SSSR count). The van der Waals surface area contributed by atoms with E-state index >= 15 is 0 Å². The van der Waals surface area contributed by atoms with Crippen LogP contribution in [0.5, 0.6) is 5.75 Å². The highest BCUT2D eigenvalue weighted by atomic mass is 35.5. The van der Waals surface area contributed by atoms with Gasteiger partial charge in [-0.2, -0.15) is 0 Å². The van der Waals surface area contributed by atoms with Crippen molar-refractivity contribution in [3.8, 4) is 5.75 Å². The summed E-state index contributed by atoms with van der Waals surface area (Å²) in [6.07, 6.45) is 0. The fraction of sp³-hybridized carbons (Fsp3) is 0.409. The Morgan fingerprint density at radius 1 is 1.07 bits per heavy atom. The highest BCUT2D eigenvalue weighted by molar-refractivity contribution is 6.34. The maximum atomic E-state index is 12.4. The minimum Gasteiger partial charge on any atom is -0.491 e. The summed E-state index contributed by atoms with van der Waals surface area (Å²) in [7, 11) is 0. The second-order valence-electron chi connectivity index (χ2n) is 7.34. The molecular formula is C22H27Cl2N3O2. The van der Waals surface area contributed by atoms with Crippen LogP contribution in [-0.4, -0.2) is 61.6 Å². The van der Waals surface area contributed by atoms with E-state index < -0.39 is 0 Å². The maximum absolute atomic E-state index is 12.4. The van der Waals surface area contributed by atoms with Crippen LogP contribution < -0.4 is 10.1 Å². The molecule has 0 aliphatic carbocycles. The Labute approximate surface area is 182 Å². The van der Waals surface area contributed by atoms with Crippen molar-refractivity contribution >= 4 is 34.8 Å². The van der Waals surface area contributed by atoms with Gasteiger partial charge in [-0.15, -0.1) is 0 Å².